The molecule has 1 aromatic carbocycles. The summed E-state index contributed by atoms with van der Waals surface area (Å²) in [5, 5.41) is 11.4. The summed E-state index contributed by atoms with van der Waals surface area (Å²) in [5.74, 6) is -3.83. The summed E-state index contributed by atoms with van der Waals surface area (Å²) in [7, 11) is 0. The van der Waals surface area contributed by atoms with E-state index in [0.717, 1.165) is 12.1 Å². The van der Waals surface area contributed by atoms with Crippen molar-refractivity contribution in [3.63, 3.8) is 0 Å². The van der Waals surface area contributed by atoms with Crippen LogP contribution in [0.25, 0.3) is 0 Å². The first-order valence-electron chi connectivity index (χ1n) is 7.30. The maximum absolute atomic E-state index is 13.8. The number of likely N-dealkylation sites (tertiary alicyclic amines) is 1. The van der Waals surface area contributed by atoms with Crippen LogP contribution in [-0.4, -0.2) is 47.6 Å². The summed E-state index contributed by atoms with van der Waals surface area (Å²) in [6.07, 6.45) is -3.79. The summed E-state index contributed by atoms with van der Waals surface area (Å²) in [6.45, 7) is -1.34. The fraction of sp³-hybridized carbons (Fsp3) is 0.467. The Bertz CT molecular complexity index is 613. The lowest BCUT2D eigenvalue weighted by Gasteiger charge is -2.32. The maximum atomic E-state index is 13.8. The predicted octanol–water partition coefficient (Wildman–Crippen LogP) is 2.06. The third-order valence-electron chi connectivity index (χ3n) is 3.75. The molecular weight excluding hydrogens is 332 g/mol. The van der Waals surface area contributed by atoms with Gasteiger partial charge < -0.3 is 15.3 Å². The van der Waals surface area contributed by atoms with Crippen molar-refractivity contribution in [1.82, 2.24) is 10.2 Å². The largest absolute Gasteiger partial charge is 0.507 e. The van der Waals surface area contributed by atoms with Crippen molar-refractivity contribution in [2.24, 2.45) is 5.92 Å². The fourth-order valence-corrected chi connectivity index (χ4v) is 2.59. The van der Waals surface area contributed by atoms with Crippen LogP contribution in [0, 0.1) is 11.7 Å². The summed E-state index contributed by atoms with van der Waals surface area (Å²) in [4.78, 5) is 25.3. The molecule has 1 fully saturated rings. The van der Waals surface area contributed by atoms with Gasteiger partial charge in [-0.25, -0.2) is 4.39 Å². The molecule has 1 atom stereocenters. The average Bonchev–Trinajstić information content (AvgIpc) is 2.51. The SMILES string of the molecule is O=C(NCC(F)(F)F)[C@H]1CCCN(C(=O)c2c(O)cccc2F)C1. The first-order valence-corrected chi connectivity index (χ1v) is 7.30. The Labute approximate surface area is 135 Å². The van der Waals surface area contributed by atoms with Gasteiger partial charge in [0.1, 0.15) is 23.7 Å². The van der Waals surface area contributed by atoms with Crippen molar-refractivity contribution in [1.29, 1.82) is 0 Å². The van der Waals surface area contributed by atoms with E-state index in [2.05, 4.69) is 0 Å². The van der Waals surface area contributed by atoms with Crippen LogP contribution in [0.1, 0.15) is 23.2 Å². The highest BCUT2D eigenvalue weighted by atomic mass is 19.4. The molecule has 5 nitrogen and oxygen atoms in total. The highest BCUT2D eigenvalue weighted by Crippen LogP contribution is 2.25. The Kier molecular flexibility index (Phi) is 5.30. The Morgan fingerprint density at radius 1 is 1.33 bits per heavy atom. The third-order valence-corrected chi connectivity index (χ3v) is 3.75. The zero-order valence-corrected chi connectivity index (χ0v) is 12.6. The number of hydrogen-bond acceptors (Lipinski definition) is 3. The molecule has 1 aromatic rings. The molecule has 1 aliphatic heterocycles. The highest BCUT2D eigenvalue weighted by Gasteiger charge is 2.33. The first-order chi connectivity index (χ1) is 11.2. The quantitative estimate of drug-likeness (QED) is 0.822. The number of phenols is 1. The monoisotopic (exact) mass is 348 g/mol. The summed E-state index contributed by atoms with van der Waals surface area (Å²) >= 11 is 0. The number of piperidine rings is 1. The van der Waals surface area contributed by atoms with Crippen molar-refractivity contribution >= 4 is 11.8 Å². The molecule has 2 N–H and O–H groups in total. The molecule has 1 heterocycles. The first kappa shape index (κ1) is 18.0. The molecule has 0 aliphatic carbocycles. The van der Waals surface area contributed by atoms with E-state index in [4.69, 9.17) is 0 Å². The molecule has 0 aromatic heterocycles. The van der Waals surface area contributed by atoms with Gasteiger partial charge in [0.05, 0.1) is 5.92 Å². The molecule has 2 amide bonds. The van der Waals surface area contributed by atoms with E-state index >= 15 is 0 Å². The molecule has 0 radical (unpaired) electrons. The number of nitrogens with one attached hydrogen (secondary N) is 1. The van der Waals surface area contributed by atoms with E-state index in [1.54, 1.807) is 5.32 Å². The van der Waals surface area contributed by atoms with Crippen LogP contribution in [0.3, 0.4) is 0 Å². The van der Waals surface area contributed by atoms with Crippen LogP contribution in [0.15, 0.2) is 18.2 Å². The van der Waals surface area contributed by atoms with Crippen molar-refractivity contribution in [3.8, 4) is 5.75 Å². The lowest BCUT2D eigenvalue weighted by molar-refractivity contribution is -0.141. The summed E-state index contributed by atoms with van der Waals surface area (Å²) < 4.78 is 50.2. The number of carbonyl (C=O) groups is 2. The molecule has 2 rings (SSSR count). The zero-order valence-electron chi connectivity index (χ0n) is 12.6. The number of carbonyl (C=O) groups excluding carboxylic acids is 2. The molecule has 9 heteroatoms. The van der Waals surface area contributed by atoms with Crippen LogP contribution in [-0.2, 0) is 4.79 Å². The standard InChI is InChI=1S/C15H16F4N2O3/c16-10-4-1-5-11(22)12(10)14(24)21-6-2-3-9(7-21)13(23)20-8-15(17,18)19/h1,4-5,9,22H,2-3,6-8H2,(H,20,23)/t9-/m0/s1. The van der Waals surface area contributed by atoms with Crippen LogP contribution in [0.4, 0.5) is 17.6 Å². The molecule has 0 spiro atoms. The summed E-state index contributed by atoms with van der Waals surface area (Å²) in [6, 6.07) is 3.42. The highest BCUT2D eigenvalue weighted by molar-refractivity contribution is 5.97. The van der Waals surface area contributed by atoms with Gasteiger partial charge in [0, 0.05) is 13.1 Å². The Hall–Kier alpha value is -2.32. The molecule has 1 aliphatic rings. The van der Waals surface area contributed by atoms with Gasteiger partial charge in [-0.1, -0.05) is 6.07 Å². The molecule has 0 saturated carbocycles. The second-order valence-electron chi connectivity index (χ2n) is 5.56. The van der Waals surface area contributed by atoms with Crippen molar-refractivity contribution in [2.75, 3.05) is 19.6 Å². The molecule has 0 bridgehead atoms. The van der Waals surface area contributed by atoms with E-state index < -0.39 is 47.6 Å². The molecule has 0 unspecified atom stereocenters. The minimum absolute atomic E-state index is 0.129. The normalized spacial score (nSPS) is 18.3. The molecule has 1 saturated heterocycles. The Morgan fingerprint density at radius 3 is 2.67 bits per heavy atom. The van der Waals surface area contributed by atoms with Crippen LogP contribution < -0.4 is 5.32 Å². The number of phenolic OH excluding ortho intramolecular Hbond substituents is 1. The number of rotatable bonds is 3. The third kappa shape index (κ3) is 4.36. The van der Waals surface area contributed by atoms with E-state index in [1.165, 1.54) is 11.0 Å². The Balaban J connectivity index is 2.05. The number of benzene rings is 1. The van der Waals surface area contributed by atoms with Gasteiger partial charge in [-0.05, 0) is 25.0 Å². The van der Waals surface area contributed by atoms with Gasteiger partial charge in [0.25, 0.3) is 5.91 Å². The van der Waals surface area contributed by atoms with E-state index in [9.17, 15) is 32.3 Å². The second kappa shape index (κ2) is 7.06. The molecular formula is C15H16F4N2O3. The van der Waals surface area contributed by atoms with Crippen molar-refractivity contribution < 1.29 is 32.3 Å². The lowest BCUT2D eigenvalue weighted by atomic mass is 9.96. The van der Waals surface area contributed by atoms with E-state index in [1.807, 2.05) is 0 Å². The second-order valence-corrected chi connectivity index (χ2v) is 5.56. The summed E-state index contributed by atoms with van der Waals surface area (Å²) in [5.41, 5.74) is -0.506. The van der Waals surface area contributed by atoms with Crippen LogP contribution >= 0.6 is 0 Å². The maximum Gasteiger partial charge on any atom is 0.405 e. The number of aromatic hydroxyl groups is 1. The predicted molar refractivity (Wildman–Crippen MR) is 75.8 cm³/mol. The minimum atomic E-state index is -4.52. The molecule has 132 valence electrons. The van der Waals surface area contributed by atoms with Gasteiger partial charge in [0.2, 0.25) is 5.91 Å². The van der Waals surface area contributed by atoms with Gasteiger partial charge >= 0.3 is 6.18 Å². The van der Waals surface area contributed by atoms with Gasteiger partial charge in [-0.15, -0.1) is 0 Å². The van der Waals surface area contributed by atoms with Gasteiger partial charge in [-0.2, -0.15) is 13.2 Å². The van der Waals surface area contributed by atoms with E-state index in [0.29, 0.717) is 12.8 Å². The number of nitrogens with zero attached hydrogens (tertiary/aromatic N) is 1. The van der Waals surface area contributed by atoms with Crippen LogP contribution in [0.5, 0.6) is 5.75 Å². The number of amides is 2. The van der Waals surface area contributed by atoms with Gasteiger partial charge in [-0.3, -0.25) is 9.59 Å². The topological polar surface area (TPSA) is 69.6 Å². The van der Waals surface area contributed by atoms with E-state index in [-0.39, 0.29) is 13.1 Å². The van der Waals surface area contributed by atoms with Gasteiger partial charge in [0.15, 0.2) is 0 Å². The average molecular weight is 348 g/mol. The lowest BCUT2D eigenvalue weighted by Crippen LogP contribution is -2.47. The van der Waals surface area contributed by atoms with Crippen molar-refractivity contribution in [2.45, 2.75) is 19.0 Å². The fourth-order valence-electron chi connectivity index (χ4n) is 2.59. The number of alkyl halides is 3. The smallest absolute Gasteiger partial charge is 0.405 e. The molecule has 24 heavy (non-hydrogen) atoms. The Morgan fingerprint density at radius 2 is 2.04 bits per heavy atom. The van der Waals surface area contributed by atoms with Crippen LogP contribution in [0.2, 0.25) is 0 Å². The number of hydrogen-bond donors (Lipinski definition) is 2. The zero-order chi connectivity index (χ0) is 17.9. The minimum Gasteiger partial charge on any atom is -0.507 e. The van der Waals surface area contributed by atoms with Crippen molar-refractivity contribution in [3.05, 3.63) is 29.6 Å². The number of halogens is 4.